The van der Waals surface area contributed by atoms with Gasteiger partial charge in [-0.05, 0) is 18.4 Å². The third-order valence-corrected chi connectivity index (χ3v) is 4.92. The van der Waals surface area contributed by atoms with Gasteiger partial charge < -0.3 is 5.73 Å². The average Bonchev–Trinajstić information content (AvgIpc) is 2.97. The molecular weight excluding hydrogens is 240 g/mol. The molecule has 2 aromatic rings. The molecule has 1 heterocycles. The summed E-state index contributed by atoms with van der Waals surface area (Å²) in [6, 6.07) is 10.3. The molecule has 0 saturated heterocycles. The molecule has 1 aliphatic carbocycles. The quantitative estimate of drug-likeness (QED) is 0.912. The molecule has 2 N–H and O–H groups in total. The van der Waals surface area contributed by atoms with E-state index in [1.54, 1.807) is 11.3 Å². The van der Waals surface area contributed by atoms with Gasteiger partial charge in [0.2, 0.25) is 0 Å². The van der Waals surface area contributed by atoms with Gasteiger partial charge in [0.15, 0.2) is 0 Å². The highest BCUT2D eigenvalue weighted by Crippen LogP contribution is 2.48. The fourth-order valence-electron chi connectivity index (χ4n) is 2.12. The van der Waals surface area contributed by atoms with E-state index in [1.807, 2.05) is 18.2 Å². The van der Waals surface area contributed by atoms with Gasteiger partial charge in [-0.25, -0.2) is 4.98 Å². The zero-order valence-corrected chi connectivity index (χ0v) is 11.4. The van der Waals surface area contributed by atoms with Gasteiger partial charge in [-0.2, -0.15) is 0 Å². The molecule has 94 valence electrons. The van der Waals surface area contributed by atoms with Crippen molar-refractivity contribution in [2.45, 2.75) is 37.6 Å². The topological polar surface area (TPSA) is 38.9 Å². The highest BCUT2D eigenvalue weighted by Gasteiger charge is 2.41. The van der Waals surface area contributed by atoms with Gasteiger partial charge in [0.1, 0.15) is 0 Å². The average molecular weight is 258 g/mol. The van der Waals surface area contributed by atoms with Crippen LogP contribution in [0.3, 0.4) is 0 Å². The lowest BCUT2D eigenvalue weighted by Crippen LogP contribution is -2.13. The molecule has 1 fully saturated rings. The van der Waals surface area contributed by atoms with Gasteiger partial charge in [0.25, 0.3) is 0 Å². The molecule has 18 heavy (non-hydrogen) atoms. The number of aromatic nitrogens is 1. The van der Waals surface area contributed by atoms with Crippen LogP contribution >= 0.6 is 11.3 Å². The van der Waals surface area contributed by atoms with Crippen LogP contribution in [0.4, 0.5) is 0 Å². The number of hydrogen-bond acceptors (Lipinski definition) is 3. The Labute approximate surface area is 112 Å². The molecule has 0 spiro atoms. The van der Waals surface area contributed by atoms with Crippen LogP contribution in [0.15, 0.2) is 35.7 Å². The second kappa shape index (κ2) is 4.48. The Bertz CT molecular complexity index is 528. The van der Waals surface area contributed by atoms with Crippen LogP contribution in [0, 0.1) is 0 Å². The van der Waals surface area contributed by atoms with E-state index in [2.05, 4.69) is 24.4 Å². The smallest absolute Gasteiger partial charge is 0.0987 e. The molecule has 3 heteroatoms. The zero-order chi connectivity index (χ0) is 12.6. The van der Waals surface area contributed by atoms with Crippen LogP contribution in [-0.2, 0) is 11.8 Å². The summed E-state index contributed by atoms with van der Waals surface area (Å²) in [5.74, 6) is 0. The Kier molecular flexibility index (Phi) is 2.96. The maximum atomic E-state index is 6.23. The predicted molar refractivity (Wildman–Crippen MR) is 75.8 cm³/mol. The summed E-state index contributed by atoms with van der Waals surface area (Å²) >= 11 is 1.79. The first kappa shape index (κ1) is 11.9. The maximum absolute atomic E-state index is 6.23. The van der Waals surface area contributed by atoms with E-state index in [9.17, 15) is 0 Å². The molecular formula is C15H18N2S. The van der Waals surface area contributed by atoms with Gasteiger partial charge in [-0.15, -0.1) is 11.3 Å². The van der Waals surface area contributed by atoms with E-state index in [0.29, 0.717) is 5.41 Å². The summed E-state index contributed by atoms with van der Waals surface area (Å²) < 4.78 is 0. The Morgan fingerprint density at radius 3 is 2.72 bits per heavy atom. The van der Waals surface area contributed by atoms with Crippen molar-refractivity contribution in [1.82, 2.24) is 4.98 Å². The number of thiazole rings is 1. The first-order valence-electron chi connectivity index (χ1n) is 6.43. The first-order valence-corrected chi connectivity index (χ1v) is 7.31. The second-order valence-corrected chi connectivity index (χ2v) is 6.28. The Balaban J connectivity index is 1.71. The van der Waals surface area contributed by atoms with E-state index in [-0.39, 0.29) is 6.04 Å². The minimum Gasteiger partial charge on any atom is -0.324 e. The first-order chi connectivity index (χ1) is 8.67. The molecule has 1 atom stereocenters. The summed E-state index contributed by atoms with van der Waals surface area (Å²) in [6.45, 7) is 2.30. The van der Waals surface area contributed by atoms with Crippen LogP contribution in [0.25, 0.3) is 0 Å². The molecule has 0 radical (unpaired) electrons. The standard InChI is InChI=1S/C15H18N2S/c1-15(7-8-15)14-17-12(10-18-14)9-13(16)11-5-3-2-4-6-11/h2-6,10,13H,7-9,16H2,1H3. The number of nitrogens with two attached hydrogens (primary N) is 1. The van der Waals surface area contributed by atoms with Crippen LogP contribution in [0.1, 0.15) is 42.1 Å². The Morgan fingerprint density at radius 1 is 1.33 bits per heavy atom. The Morgan fingerprint density at radius 2 is 2.06 bits per heavy atom. The highest BCUT2D eigenvalue weighted by molar-refractivity contribution is 7.09. The van der Waals surface area contributed by atoms with Crippen LogP contribution in [-0.4, -0.2) is 4.98 Å². The molecule has 1 aromatic carbocycles. The molecule has 1 unspecified atom stereocenters. The lowest BCUT2D eigenvalue weighted by molar-refractivity contribution is 0.698. The molecule has 1 aromatic heterocycles. The Hall–Kier alpha value is -1.19. The fraction of sp³-hybridized carbons (Fsp3) is 0.400. The van der Waals surface area contributed by atoms with E-state index in [1.165, 1.54) is 23.4 Å². The summed E-state index contributed by atoms with van der Waals surface area (Å²) in [5, 5.41) is 3.46. The van der Waals surface area contributed by atoms with E-state index >= 15 is 0 Å². The lowest BCUT2D eigenvalue weighted by Gasteiger charge is -2.10. The SMILES string of the molecule is CC1(c2nc(CC(N)c3ccccc3)cs2)CC1. The third kappa shape index (κ3) is 2.33. The number of benzene rings is 1. The van der Waals surface area contributed by atoms with E-state index in [4.69, 9.17) is 10.7 Å². The number of hydrogen-bond donors (Lipinski definition) is 1. The molecule has 0 aliphatic heterocycles. The van der Waals surface area contributed by atoms with Crippen molar-refractivity contribution >= 4 is 11.3 Å². The van der Waals surface area contributed by atoms with Crippen molar-refractivity contribution < 1.29 is 0 Å². The number of nitrogens with zero attached hydrogens (tertiary/aromatic N) is 1. The monoisotopic (exact) mass is 258 g/mol. The van der Waals surface area contributed by atoms with Crippen LogP contribution in [0.5, 0.6) is 0 Å². The summed E-state index contributed by atoms with van der Waals surface area (Å²) in [5.41, 5.74) is 8.92. The van der Waals surface area contributed by atoms with Crippen LogP contribution in [0.2, 0.25) is 0 Å². The summed E-state index contributed by atoms with van der Waals surface area (Å²) in [6.07, 6.45) is 3.39. The molecule has 0 amide bonds. The van der Waals surface area contributed by atoms with Crippen molar-refractivity contribution in [3.8, 4) is 0 Å². The second-order valence-electron chi connectivity index (χ2n) is 5.43. The van der Waals surface area contributed by atoms with Gasteiger partial charge in [0.05, 0.1) is 10.7 Å². The van der Waals surface area contributed by atoms with Gasteiger partial charge in [-0.3, -0.25) is 0 Å². The minimum atomic E-state index is 0.0492. The lowest BCUT2D eigenvalue weighted by atomic mass is 10.0. The maximum Gasteiger partial charge on any atom is 0.0987 e. The molecule has 1 saturated carbocycles. The van der Waals surface area contributed by atoms with Crippen molar-refractivity contribution in [3.05, 3.63) is 52.0 Å². The molecule has 0 bridgehead atoms. The zero-order valence-electron chi connectivity index (χ0n) is 10.6. The van der Waals surface area contributed by atoms with Gasteiger partial charge >= 0.3 is 0 Å². The molecule has 1 aliphatic rings. The largest absolute Gasteiger partial charge is 0.324 e. The van der Waals surface area contributed by atoms with E-state index < -0.39 is 0 Å². The summed E-state index contributed by atoms with van der Waals surface area (Å²) in [4.78, 5) is 4.75. The van der Waals surface area contributed by atoms with Gasteiger partial charge in [-0.1, -0.05) is 37.3 Å². The van der Waals surface area contributed by atoms with Crippen molar-refractivity contribution in [2.75, 3.05) is 0 Å². The van der Waals surface area contributed by atoms with Crippen molar-refractivity contribution in [2.24, 2.45) is 5.73 Å². The number of rotatable bonds is 4. The highest BCUT2D eigenvalue weighted by atomic mass is 32.1. The third-order valence-electron chi connectivity index (χ3n) is 3.72. The predicted octanol–water partition coefficient (Wildman–Crippen LogP) is 3.44. The van der Waals surface area contributed by atoms with Gasteiger partial charge in [0, 0.05) is 23.3 Å². The normalized spacial score (nSPS) is 18.6. The minimum absolute atomic E-state index is 0.0492. The summed E-state index contributed by atoms with van der Waals surface area (Å²) in [7, 11) is 0. The van der Waals surface area contributed by atoms with E-state index in [0.717, 1.165) is 12.1 Å². The van der Waals surface area contributed by atoms with Crippen molar-refractivity contribution in [3.63, 3.8) is 0 Å². The molecule has 3 rings (SSSR count). The fourth-order valence-corrected chi connectivity index (χ4v) is 3.18. The van der Waals surface area contributed by atoms with Crippen LogP contribution < -0.4 is 5.73 Å². The molecule has 2 nitrogen and oxygen atoms in total. The van der Waals surface area contributed by atoms with Crippen molar-refractivity contribution in [1.29, 1.82) is 0 Å².